The van der Waals surface area contributed by atoms with Crippen molar-refractivity contribution in [2.24, 2.45) is 4.99 Å². The number of hydrogen-bond donors (Lipinski definition) is 1. The average Bonchev–Trinajstić information content (AvgIpc) is 3.09. The molecule has 2 nitrogen and oxygen atoms in total. The molecule has 0 saturated heterocycles. The van der Waals surface area contributed by atoms with E-state index in [1.54, 1.807) is 0 Å². The minimum atomic E-state index is 0.533. The molecule has 2 atom stereocenters. The van der Waals surface area contributed by atoms with Crippen LogP contribution < -0.4 is 5.32 Å². The Hall–Kier alpha value is -1.15. The summed E-state index contributed by atoms with van der Waals surface area (Å²) in [4.78, 5) is 4.81. The highest BCUT2D eigenvalue weighted by Crippen LogP contribution is 2.43. The van der Waals surface area contributed by atoms with Gasteiger partial charge in [0.2, 0.25) is 0 Å². The fourth-order valence-corrected chi connectivity index (χ4v) is 2.08. The molecule has 0 spiro atoms. The fraction of sp³-hybridized carbons (Fsp3) is 0.500. The maximum absolute atomic E-state index is 4.81. The van der Waals surface area contributed by atoms with Crippen LogP contribution in [0.1, 0.15) is 31.2 Å². The molecule has 2 unspecified atom stereocenters. The predicted molar refractivity (Wildman–Crippen MR) is 69.2 cm³/mol. The molecule has 1 aliphatic rings. The number of rotatable bonds is 5. The van der Waals surface area contributed by atoms with Crippen molar-refractivity contribution in [3.63, 3.8) is 0 Å². The second-order valence-electron chi connectivity index (χ2n) is 4.40. The molecule has 16 heavy (non-hydrogen) atoms. The van der Waals surface area contributed by atoms with Gasteiger partial charge in [0.05, 0.1) is 6.04 Å². The van der Waals surface area contributed by atoms with E-state index in [2.05, 4.69) is 42.6 Å². The van der Waals surface area contributed by atoms with Crippen molar-refractivity contribution >= 4 is 5.71 Å². The van der Waals surface area contributed by atoms with Gasteiger partial charge in [0.25, 0.3) is 0 Å². The van der Waals surface area contributed by atoms with E-state index in [9.17, 15) is 0 Å². The second-order valence-corrected chi connectivity index (χ2v) is 4.40. The monoisotopic (exact) mass is 216 g/mol. The SMILES string of the molecule is CCC(CNC)=NC1CC1c1ccccc1. The Morgan fingerprint density at radius 3 is 2.75 bits per heavy atom. The summed E-state index contributed by atoms with van der Waals surface area (Å²) in [6.07, 6.45) is 2.27. The van der Waals surface area contributed by atoms with Gasteiger partial charge >= 0.3 is 0 Å². The lowest BCUT2D eigenvalue weighted by Gasteiger charge is -2.02. The number of nitrogens with zero attached hydrogens (tertiary/aromatic N) is 1. The minimum absolute atomic E-state index is 0.533. The maximum Gasteiger partial charge on any atom is 0.0575 e. The Morgan fingerprint density at radius 2 is 2.12 bits per heavy atom. The highest BCUT2D eigenvalue weighted by molar-refractivity contribution is 5.86. The fourth-order valence-electron chi connectivity index (χ4n) is 2.08. The summed E-state index contributed by atoms with van der Waals surface area (Å²) >= 11 is 0. The summed E-state index contributed by atoms with van der Waals surface area (Å²) in [5.41, 5.74) is 2.74. The molecule has 0 bridgehead atoms. The van der Waals surface area contributed by atoms with Gasteiger partial charge in [-0.15, -0.1) is 0 Å². The van der Waals surface area contributed by atoms with Crippen molar-refractivity contribution in [1.29, 1.82) is 0 Å². The Bertz CT molecular complexity index is 356. The molecule has 1 saturated carbocycles. The van der Waals surface area contributed by atoms with Crippen LogP contribution in [0.4, 0.5) is 0 Å². The first kappa shape index (κ1) is 11.3. The van der Waals surface area contributed by atoms with E-state index in [4.69, 9.17) is 4.99 Å². The van der Waals surface area contributed by atoms with Crippen LogP contribution in [-0.2, 0) is 0 Å². The standard InChI is InChI=1S/C14H20N2/c1-3-12(10-15-2)16-14-9-13(14)11-7-5-4-6-8-11/h4-8,13-15H,3,9-10H2,1-2H3. The van der Waals surface area contributed by atoms with Crippen LogP contribution in [-0.4, -0.2) is 25.3 Å². The Balaban J connectivity index is 1.96. The van der Waals surface area contributed by atoms with E-state index in [1.165, 1.54) is 17.7 Å². The number of nitrogens with one attached hydrogen (secondary N) is 1. The van der Waals surface area contributed by atoms with Crippen LogP contribution in [0, 0.1) is 0 Å². The van der Waals surface area contributed by atoms with E-state index in [-0.39, 0.29) is 0 Å². The summed E-state index contributed by atoms with van der Waals surface area (Å²) in [6, 6.07) is 11.3. The molecule has 1 aliphatic carbocycles. The number of benzene rings is 1. The van der Waals surface area contributed by atoms with Crippen molar-refractivity contribution in [2.45, 2.75) is 31.7 Å². The third-order valence-electron chi connectivity index (χ3n) is 3.12. The zero-order chi connectivity index (χ0) is 11.4. The third kappa shape index (κ3) is 2.70. The van der Waals surface area contributed by atoms with Gasteiger partial charge in [-0.05, 0) is 25.5 Å². The van der Waals surface area contributed by atoms with Gasteiger partial charge in [0.1, 0.15) is 0 Å². The van der Waals surface area contributed by atoms with E-state index in [0.29, 0.717) is 12.0 Å². The van der Waals surface area contributed by atoms with Crippen LogP contribution in [0.15, 0.2) is 35.3 Å². The van der Waals surface area contributed by atoms with Crippen LogP contribution in [0.5, 0.6) is 0 Å². The molecular formula is C14H20N2. The van der Waals surface area contributed by atoms with E-state index in [1.807, 2.05) is 7.05 Å². The molecular weight excluding hydrogens is 196 g/mol. The first-order valence-electron chi connectivity index (χ1n) is 6.10. The normalized spacial score (nSPS) is 24.5. The summed E-state index contributed by atoms with van der Waals surface area (Å²) in [5.74, 6) is 0.666. The molecule has 0 radical (unpaired) electrons. The van der Waals surface area contributed by atoms with Gasteiger partial charge < -0.3 is 5.32 Å². The second kappa shape index (κ2) is 5.26. The average molecular weight is 216 g/mol. The van der Waals surface area contributed by atoms with Crippen molar-refractivity contribution in [2.75, 3.05) is 13.6 Å². The van der Waals surface area contributed by atoms with Crippen molar-refractivity contribution in [1.82, 2.24) is 5.32 Å². The summed E-state index contributed by atoms with van der Waals surface area (Å²) in [6.45, 7) is 3.10. The first-order valence-corrected chi connectivity index (χ1v) is 6.10. The third-order valence-corrected chi connectivity index (χ3v) is 3.12. The molecule has 0 heterocycles. The lowest BCUT2D eigenvalue weighted by molar-refractivity contribution is 0.900. The van der Waals surface area contributed by atoms with Crippen molar-refractivity contribution < 1.29 is 0 Å². The summed E-state index contributed by atoms with van der Waals surface area (Å²) in [5, 5.41) is 3.18. The van der Waals surface area contributed by atoms with Gasteiger partial charge in [0, 0.05) is 18.2 Å². The largest absolute Gasteiger partial charge is 0.315 e. The maximum atomic E-state index is 4.81. The van der Waals surface area contributed by atoms with Crippen molar-refractivity contribution in [3.05, 3.63) is 35.9 Å². The lowest BCUT2D eigenvalue weighted by Crippen LogP contribution is -2.18. The lowest BCUT2D eigenvalue weighted by atomic mass is 10.1. The Morgan fingerprint density at radius 1 is 1.38 bits per heavy atom. The highest BCUT2D eigenvalue weighted by Gasteiger charge is 2.38. The molecule has 2 rings (SSSR count). The number of hydrogen-bond acceptors (Lipinski definition) is 2. The molecule has 2 heteroatoms. The van der Waals surface area contributed by atoms with E-state index < -0.39 is 0 Å². The molecule has 1 fully saturated rings. The van der Waals surface area contributed by atoms with Gasteiger partial charge in [-0.3, -0.25) is 4.99 Å². The van der Waals surface area contributed by atoms with E-state index in [0.717, 1.165) is 13.0 Å². The zero-order valence-electron chi connectivity index (χ0n) is 10.1. The smallest absolute Gasteiger partial charge is 0.0575 e. The summed E-state index contributed by atoms with van der Waals surface area (Å²) < 4.78 is 0. The molecule has 0 amide bonds. The molecule has 1 N–H and O–H groups in total. The molecule has 1 aromatic carbocycles. The van der Waals surface area contributed by atoms with Crippen LogP contribution in [0.2, 0.25) is 0 Å². The predicted octanol–water partition coefficient (Wildman–Crippen LogP) is 2.61. The van der Waals surface area contributed by atoms with Gasteiger partial charge in [-0.25, -0.2) is 0 Å². The Labute approximate surface area is 97.8 Å². The molecule has 0 aromatic heterocycles. The van der Waals surface area contributed by atoms with Crippen molar-refractivity contribution in [3.8, 4) is 0 Å². The first-order chi connectivity index (χ1) is 7.85. The minimum Gasteiger partial charge on any atom is -0.315 e. The van der Waals surface area contributed by atoms with E-state index >= 15 is 0 Å². The number of aliphatic imine (C=N–C) groups is 1. The molecule has 86 valence electrons. The highest BCUT2D eigenvalue weighted by atomic mass is 14.9. The molecule has 1 aromatic rings. The molecule has 0 aliphatic heterocycles. The summed E-state index contributed by atoms with van der Waals surface area (Å²) in [7, 11) is 1.98. The zero-order valence-corrected chi connectivity index (χ0v) is 10.1. The van der Waals surface area contributed by atoms with Crippen LogP contribution in [0.3, 0.4) is 0 Å². The van der Waals surface area contributed by atoms with Gasteiger partial charge in [-0.1, -0.05) is 37.3 Å². The van der Waals surface area contributed by atoms with Crippen LogP contribution >= 0.6 is 0 Å². The Kier molecular flexibility index (Phi) is 3.73. The van der Waals surface area contributed by atoms with Crippen LogP contribution in [0.25, 0.3) is 0 Å². The van der Waals surface area contributed by atoms with Gasteiger partial charge in [0.15, 0.2) is 0 Å². The quantitative estimate of drug-likeness (QED) is 0.752. The topological polar surface area (TPSA) is 24.4 Å². The van der Waals surface area contributed by atoms with Gasteiger partial charge in [-0.2, -0.15) is 0 Å².